The number of halogens is 1. The van der Waals surface area contributed by atoms with Crippen molar-refractivity contribution in [1.82, 2.24) is 4.90 Å². The average molecular weight is 291 g/mol. The molecule has 2 fully saturated rings. The van der Waals surface area contributed by atoms with Gasteiger partial charge >= 0.3 is 0 Å². The van der Waals surface area contributed by atoms with Gasteiger partial charge in [0.05, 0.1) is 0 Å². The molecule has 1 heterocycles. The van der Waals surface area contributed by atoms with Crippen LogP contribution < -0.4 is 10.6 Å². The topological polar surface area (TPSA) is 32.5 Å². The van der Waals surface area contributed by atoms with Gasteiger partial charge in [-0.2, -0.15) is 0 Å². The van der Waals surface area contributed by atoms with Gasteiger partial charge in [-0.15, -0.1) is 0 Å². The van der Waals surface area contributed by atoms with Crippen molar-refractivity contribution in [1.29, 1.82) is 0 Å². The maximum atomic E-state index is 13.0. The Bertz CT molecular complexity index is 442. The van der Waals surface area contributed by atoms with Gasteiger partial charge in [-0.05, 0) is 62.0 Å². The predicted molar refractivity (Wildman–Crippen MR) is 85.0 cm³/mol. The Labute approximate surface area is 126 Å². The Morgan fingerprint density at radius 1 is 1.05 bits per heavy atom. The van der Waals surface area contributed by atoms with Gasteiger partial charge in [0.25, 0.3) is 0 Å². The fourth-order valence-electron chi connectivity index (χ4n) is 3.51. The Morgan fingerprint density at radius 3 is 2.24 bits per heavy atom. The van der Waals surface area contributed by atoms with Gasteiger partial charge in [0.15, 0.2) is 0 Å². The number of hydrogen-bond acceptors (Lipinski definition) is 3. The molecule has 0 amide bonds. The quantitative estimate of drug-likeness (QED) is 0.904. The fourth-order valence-corrected chi connectivity index (χ4v) is 3.51. The van der Waals surface area contributed by atoms with Gasteiger partial charge < -0.3 is 10.6 Å². The Balaban J connectivity index is 1.45. The summed E-state index contributed by atoms with van der Waals surface area (Å²) in [6, 6.07) is 6.85. The zero-order chi connectivity index (χ0) is 14.7. The number of nitrogens with two attached hydrogens (primary N) is 1. The molecule has 0 unspecified atom stereocenters. The molecule has 1 aromatic rings. The van der Waals surface area contributed by atoms with Crippen molar-refractivity contribution >= 4 is 5.69 Å². The number of piperazine rings is 1. The zero-order valence-electron chi connectivity index (χ0n) is 12.7. The number of hydrogen-bond donors (Lipinski definition) is 1. The van der Waals surface area contributed by atoms with E-state index in [0.717, 1.165) is 38.4 Å². The van der Waals surface area contributed by atoms with Crippen molar-refractivity contribution in [2.75, 3.05) is 44.2 Å². The first-order valence-corrected chi connectivity index (χ1v) is 8.14. The summed E-state index contributed by atoms with van der Waals surface area (Å²) in [6.45, 7) is 6.27. The molecule has 116 valence electrons. The van der Waals surface area contributed by atoms with Gasteiger partial charge in [0, 0.05) is 31.9 Å². The van der Waals surface area contributed by atoms with E-state index < -0.39 is 0 Å². The van der Waals surface area contributed by atoms with Gasteiger partial charge in [-0.1, -0.05) is 6.42 Å². The lowest BCUT2D eigenvalue weighted by Gasteiger charge is -2.43. The summed E-state index contributed by atoms with van der Waals surface area (Å²) in [4.78, 5) is 4.90. The maximum absolute atomic E-state index is 13.0. The summed E-state index contributed by atoms with van der Waals surface area (Å²) >= 11 is 0. The SMILES string of the molecule is NCC1(CCN2CCN(c3ccc(F)cc3)CC2)CCC1. The van der Waals surface area contributed by atoms with E-state index in [1.807, 2.05) is 12.1 Å². The van der Waals surface area contributed by atoms with Crippen molar-refractivity contribution in [3.8, 4) is 0 Å². The first kappa shape index (κ1) is 14.8. The smallest absolute Gasteiger partial charge is 0.123 e. The standard InChI is InChI=1S/C17H26FN3/c18-15-2-4-16(5-3-15)21-12-10-20(11-13-21)9-8-17(14-19)6-1-7-17/h2-5H,1,6-14,19H2. The van der Waals surface area contributed by atoms with Crippen LogP contribution in [0.25, 0.3) is 0 Å². The second-order valence-electron chi connectivity index (χ2n) is 6.61. The third-order valence-corrected chi connectivity index (χ3v) is 5.37. The highest BCUT2D eigenvalue weighted by atomic mass is 19.1. The summed E-state index contributed by atoms with van der Waals surface area (Å²) in [5, 5.41) is 0. The van der Waals surface area contributed by atoms with Crippen molar-refractivity contribution in [2.45, 2.75) is 25.7 Å². The molecule has 3 nitrogen and oxygen atoms in total. The molecule has 1 saturated heterocycles. The summed E-state index contributed by atoms with van der Waals surface area (Å²) < 4.78 is 13.0. The van der Waals surface area contributed by atoms with Crippen LogP contribution in [0.1, 0.15) is 25.7 Å². The van der Waals surface area contributed by atoms with E-state index in [1.54, 1.807) is 12.1 Å². The molecule has 1 aromatic carbocycles. The van der Waals surface area contributed by atoms with Crippen LogP contribution in [-0.2, 0) is 0 Å². The second-order valence-corrected chi connectivity index (χ2v) is 6.61. The van der Waals surface area contributed by atoms with Crippen LogP contribution in [0, 0.1) is 11.2 Å². The minimum absolute atomic E-state index is 0.162. The highest BCUT2D eigenvalue weighted by molar-refractivity contribution is 5.46. The predicted octanol–water partition coefficient (Wildman–Crippen LogP) is 2.47. The van der Waals surface area contributed by atoms with Gasteiger partial charge in [-0.3, -0.25) is 4.90 Å². The maximum Gasteiger partial charge on any atom is 0.123 e. The van der Waals surface area contributed by atoms with Crippen LogP contribution in [0.4, 0.5) is 10.1 Å². The normalized spacial score (nSPS) is 22.1. The van der Waals surface area contributed by atoms with Gasteiger partial charge in [0.1, 0.15) is 5.82 Å². The van der Waals surface area contributed by atoms with Crippen LogP contribution in [0.5, 0.6) is 0 Å². The van der Waals surface area contributed by atoms with Gasteiger partial charge in [0.2, 0.25) is 0 Å². The third-order valence-electron chi connectivity index (χ3n) is 5.37. The summed E-state index contributed by atoms with van der Waals surface area (Å²) in [6.07, 6.45) is 5.24. The van der Waals surface area contributed by atoms with E-state index in [1.165, 1.54) is 32.2 Å². The molecule has 2 N–H and O–H groups in total. The molecule has 1 aliphatic carbocycles. The van der Waals surface area contributed by atoms with E-state index in [4.69, 9.17) is 5.73 Å². The second kappa shape index (κ2) is 6.32. The summed E-state index contributed by atoms with van der Waals surface area (Å²) in [5.74, 6) is -0.162. The Kier molecular flexibility index (Phi) is 4.45. The Morgan fingerprint density at radius 2 is 1.71 bits per heavy atom. The summed E-state index contributed by atoms with van der Waals surface area (Å²) in [5.41, 5.74) is 7.52. The average Bonchev–Trinajstić information content (AvgIpc) is 2.48. The third kappa shape index (κ3) is 3.38. The lowest BCUT2D eigenvalue weighted by Crippen LogP contribution is -2.48. The monoisotopic (exact) mass is 291 g/mol. The molecular formula is C17H26FN3. The molecule has 1 saturated carbocycles. The van der Waals surface area contributed by atoms with E-state index >= 15 is 0 Å². The molecule has 3 rings (SSSR count). The van der Waals surface area contributed by atoms with Crippen molar-refractivity contribution < 1.29 is 4.39 Å². The first-order chi connectivity index (χ1) is 10.2. The number of benzene rings is 1. The molecule has 0 aromatic heterocycles. The van der Waals surface area contributed by atoms with E-state index in [2.05, 4.69) is 9.80 Å². The molecule has 4 heteroatoms. The van der Waals surface area contributed by atoms with E-state index in [-0.39, 0.29) is 5.82 Å². The fraction of sp³-hybridized carbons (Fsp3) is 0.647. The highest BCUT2D eigenvalue weighted by Crippen LogP contribution is 2.42. The molecule has 0 bridgehead atoms. The van der Waals surface area contributed by atoms with Gasteiger partial charge in [-0.25, -0.2) is 4.39 Å². The van der Waals surface area contributed by atoms with Crippen molar-refractivity contribution in [3.63, 3.8) is 0 Å². The zero-order valence-corrected chi connectivity index (χ0v) is 12.7. The van der Waals surface area contributed by atoms with Crippen molar-refractivity contribution in [2.24, 2.45) is 11.1 Å². The number of anilines is 1. The van der Waals surface area contributed by atoms with E-state index in [0.29, 0.717) is 5.41 Å². The highest BCUT2D eigenvalue weighted by Gasteiger charge is 2.35. The molecule has 2 aliphatic rings. The molecular weight excluding hydrogens is 265 g/mol. The largest absolute Gasteiger partial charge is 0.369 e. The Hall–Kier alpha value is -1.13. The van der Waals surface area contributed by atoms with E-state index in [9.17, 15) is 4.39 Å². The van der Waals surface area contributed by atoms with Crippen LogP contribution >= 0.6 is 0 Å². The summed E-state index contributed by atoms with van der Waals surface area (Å²) in [7, 11) is 0. The first-order valence-electron chi connectivity index (χ1n) is 8.14. The minimum atomic E-state index is -0.162. The van der Waals surface area contributed by atoms with Crippen LogP contribution in [0.3, 0.4) is 0 Å². The lowest BCUT2D eigenvalue weighted by atomic mass is 9.66. The molecule has 1 aliphatic heterocycles. The lowest BCUT2D eigenvalue weighted by molar-refractivity contribution is 0.104. The van der Waals surface area contributed by atoms with Crippen LogP contribution in [0.2, 0.25) is 0 Å². The molecule has 21 heavy (non-hydrogen) atoms. The number of rotatable bonds is 5. The van der Waals surface area contributed by atoms with Crippen LogP contribution in [0.15, 0.2) is 24.3 Å². The molecule has 0 radical (unpaired) electrons. The minimum Gasteiger partial charge on any atom is -0.369 e. The van der Waals surface area contributed by atoms with Crippen molar-refractivity contribution in [3.05, 3.63) is 30.1 Å². The molecule has 0 spiro atoms. The number of nitrogens with zero attached hydrogens (tertiary/aromatic N) is 2. The molecule has 0 atom stereocenters. The van der Waals surface area contributed by atoms with Crippen LogP contribution in [-0.4, -0.2) is 44.2 Å².